The quantitative estimate of drug-likeness (QED) is 0.234. The second kappa shape index (κ2) is 16.9. The van der Waals surface area contributed by atoms with Crippen molar-refractivity contribution in [3.05, 3.63) is 36.5 Å². The number of unbranched alkanes of at least 4 members (excludes halogenated alkanes) is 8. The van der Waals surface area contributed by atoms with E-state index < -0.39 is 0 Å². The zero-order chi connectivity index (χ0) is 14.0. The van der Waals surface area contributed by atoms with Gasteiger partial charge in [0.2, 0.25) is 0 Å². The van der Waals surface area contributed by atoms with Gasteiger partial charge in [0.1, 0.15) is 6.29 Å². The summed E-state index contributed by atoms with van der Waals surface area (Å²) >= 11 is 0. The molecule has 0 heterocycles. The summed E-state index contributed by atoms with van der Waals surface area (Å²) in [6, 6.07) is 0. The first-order valence-electron chi connectivity index (χ1n) is 7.83. The van der Waals surface area contributed by atoms with Crippen LogP contribution in [-0.2, 0) is 4.79 Å². The topological polar surface area (TPSA) is 17.1 Å². The highest BCUT2D eigenvalue weighted by atomic mass is 16.1. The zero-order valence-corrected chi connectivity index (χ0v) is 12.5. The van der Waals surface area contributed by atoms with Crippen LogP contribution in [0.15, 0.2) is 36.5 Å². The molecular weight excluding hydrogens is 232 g/mol. The van der Waals surface area contributed by atoms with Crippen LogP contribution in [0.3, 0.4) is 0 Å². The minimum atomic E-state index is 0.733. The first-order valence-corrected chi connectivity index (χ1v) is 7.83. The van der Waals surface area contributed by atoms with E-state index in [0.29, 0.717) is 0 Å². The van der Waals surface area contributed by atoms with Gasteiger partial charge in [0, 0.05) is 6.42 Å². The molecule has 0 amide bonds. The lowest BCUT2D eigenvalue weighted by Crippen LogP contribution is -1.79. The molecule has 0 aliphatic rings. The van der Waals surface area contributed by atoms with Gasteiger partial charge in [-0.2, -0.15) is 0 Å². The van der Waals surface area contributed by atoms with Crippen molar-refractivity contribution in [1.29, 1.82) is 0 Å². The number of hydrogen-bond acceptors (Lipinski definition) is 1. The van der Waals surface area contributed by atoms with Crippen LogP contribution >= 0.6 is 0 Å². The minimum absolute atomic E-state index is 0.733. The first-order chi connectivity index (χ1) is 9.41. The summed E-state index contributed by atoms with van der Waals surface area (Å²) in [5.74, 6) is 0. The van der Waals surface area contributed by atoms with E-state index in [4.69, 9.17) is 0 Å². The standard InChI is InChI=1S/C18H30O/c1-2-3-4-5-6-7-8-9-10-11-12-13-14-15-16-17-18-19/h5-10,18H,2-4,11-17H2,1H3. The second-order valence-electron chi connectivity index (χ2n) is 4.90. The molecular formula is C18H30O. The van der Waals surface area contributed by atoms with Crippen molar-refractivity contribution < 1.29 is 4.79 Å². The zero-order valence-electron chi connectivity index (χ0n) is 12.5. The third kappa shape index (κ3) is 16.9. The van der Waals surface area contributed by atoms with Crippen molar-refractivity contribution in [2.24, 2.45) is 0 Å². The Hall–Kier alpha value is -1.11. The Labute approximate surface area is 119 Å². The highest BCUT2D eigenvalue weighted by molar-refractivity contribution is 5.48. The molecule has 0 fully saturated rings. The van der Waals surface area contributed by atoms with Crippen molar-refractivity contribution in [3.63, 3.8) is 0 Å². The fourth-order valence-electron chi connectivity index (χ4n) is 1.82. The molecule has 0 N–H and O–H groups in total. The van der Waals surface area contributed by atoms with Crippen LogP contribution < -0.4 is 0 Å². The smallest absolute Gasteiger partial charge is 0.119 e. The van der Waals surface area contributed by atoms with Crippen molar-refractivity contribution in [3.8, 4) is 0 Å². The summed E-state index contributed by atoms with van der Waals surface area (Å²) in [5, 5.41) is 0. The van der Waals surface area contributed by atoms with Crippen LogP contribution in [0.25, 0.3) is 0 Å². The predicted molar refractivity (Wildman–Crippen MR) is 85.3 cm³/mol. The van der Waals surface area contributed by atoms with E-state index in [2.05, 4.69) is 43.4 Å². The van der Waals surface area contributed by atoms with Gasteiger partial charge >= 0.3 is 0 Å². The summed E-state index contributed by atoms with van der Waals surface area (Å²) in [4.78, 5) is 10.1. The lowest BCUT2D eigenvalue weighted by atomic mass is 10.1. The lowest BCUT2D eigenvalue weighted by Gasteiger charge is -1.96. The molecule has 0 bridgehead atoms. The molecule has 0 aliphatic carbocycles. The Kier molecular flexibility index (Phi) is 15.9. The fourth-order valence-corrected chi connectivity index (χ4v) is 1.82. The number of allylic oxidation sites excluding steroid dienone is 6. The van der Waals surface area contributed by atoms with E-state index in [0.717, 1.165) is 25.5 Å². The van der Waals surface area contributed by atoms with E-state index in [1.165, 1.54) is 44.9 Å². The molecule has 0 spiro atoms. The molecule has 19 heavy (non-hydrogen) atoms. The van der Waals surface area contributed by atoms with Gasteiger partial charge in [-0.05, 0) is 25.7 Å². The third-order valence-electron chi connectivity index (χ3n) is 3.02. The number of rotatable bonds is 13. The molecule has 0 aromatic rings. The van der Waals surface area contributed by atoms with Crippen LogP contribution in [0, 0.1) is 0 Å². The highest BCUT2D eigenvalue weighted by Crippen LogP contribution is 2.06. The average Bonchev–Trinajstić information content (AvgIpc) is 2.43. The average molecular weight is 262 g/mol. The maximum atomic E-state index is 10.1. The number of carbonyl (C=O) groups excluding carboxylic acids is 1. The Morgan fingerprint density at radius 2 is 1.16 bits per heavy atom. The number of aldehydes is 1. The molecule has 0 saturated heterocycles. The molecule has 0 aromatic carbocycles. The lowest BCUT2D eigenvalue weighted by molar-refractivity contribution is -0.107. The van der Waals surface area contributed by atoms with Gasteiger partial charge in [0.25, 0.3) is 0 Å². The summed E-state index contributed by atoms with van der Waals surface area (Å²) in [7, 11) is 0. The van der Waals surface area contributed by atoms with Gasteiger partial charge in [-0.3, -0.25) is 0 Å². The Bertz CT molecular complexity index is 261. The van der Waals surface area contributed by atoms with E-state index in [9.17, 15) is 4.79 Å². The highest BCUT2D eigenvalue weighted by Gasteiger charge is 1.88. The summed E-state index contributed by atoms with van der Waals surface area (Å²) in [6.45, 7) is 2.22. The molecule has 0 unspecified atom stereocenters. The SMILES string of the molecule is CCCCC=CC=CC=CCCCCCCCC=O. The molecule has 0 rings (SSSR count). The van der Waals surface area contributed by atoms with Crippen molar-refractivity contribution in [2.45, 2.75) is 71.1 Å². The van der Waals surface area contributed by atoms with E-state index in [1.54, 1.807) is 0 Å². The Morgan fingerprint density at radius 1 is 0.632 bits per heavy atom. The van der Waals surface area contributed by atoms with Gasteiger partial charge in [-0.15, -0.1) is 0 Å². The maximum Gasteiger partial charge on any atom is 0.119 e. The molecule has 0 aromatic heterocycles. The predicted octanol–water partition coefficient (Wildman–Crippen LogP) is 5.77. The van der Waals surface area contributed by atoms with Crippen LogP contribution in [0.4, 0.5) is 0 Å². The van der Waals surface area contributed by atoms with Gasteiger partial charge < -0.3 is 4.79 Å². The summed E-state index contributed by atoms with van der Waals surface area (Å²) < 4.78 is 0. The van der Waals surface area contributed by atoms with Crippen molar-refractivity contribution >= 4 is 6.29 Å². The van der Waals surface area contributed by atoms with Gasteiger partial charge in [0.05, 0.1) is 0 Å². The van der Waals surface area contributed by atoms with Crippen LogP contribution in [-0.4, -0.2) is 6.29 Å². The van der Waals surface area contributed by atoms with E-state index >= 15 is 0 Å². The molecule has 0 aliphatic heterocycles. The molecule has 108 valence electrons. The summed E-state index contributed by atoms with van der Waals surface area (Å²) in [5.41, 5.74) is 0. The molecule has 1 heteroatoms. The first kappa shape index (κ1) is 17.9. The Morgan fingerprint density at radius 3 is 1.74 bits per heavy atom. The van der Waals surface area contributed by atoms with E-state index in [-0.39, 0.29) is 0 Å². The normalized spacial score (nSPS) is 12.1. The van der Waals surface area contributed by atoms with Crippen LogP contribution in [0.1, 0.15) is 71.1 Å². The third-order valence-corrected chi connectivity index (χ3v) is 3.02. The van der Waals surface area contributed by atoms with Crippen molar-refractivity contribution in [2.75, 3.05) is 0 Å². The molecule has 0 atom stereocenters. The molecule has 0 saturated carbocycles. The number of carbonyl (C=O) groups is 1. The van der Waals surface area contributed by atoms with E-state index in [1.807, 2.05) is 0 Å². The molecule has 1 nitrogen and oxygen atoms in total. The summed E-state index contributed by atoms with van der Waals surface area (Å²) in [6.07, 6.45) is 25.7. The largest absolute Gasteiger partial charge is 0.303 e. The van der Waals surface area contributed by atoms with Gasteiger partial charge in [-0.25, -0.2) is 0 Å². The van der Waals surface area contributed by atoms with Crippen molar-refractivity contribution in [1.82, 2.24) is 0 Å². The van der Waals surface area contributed by atoms with Crippen LogP contribution in [0.2, 0.25) is 0 Å². The van der Waals surface area contributed by atoms with Gasteiger partial charge in [0.15, 0.2) is 0 Å². The monoisotopic (exact) mass is 262 g/mol. The fraction of sp³-hybridized carbons (Fsp3) is 0.611. The van der Waals surface area contributed by atoms with Gasteiger partial charge in [-0.1, -0.05) is 75.5 Å². The number of hydrogen-bond donors (Lipinski definition) is 0. The maximum absolute atomic E-state index is 10.1. The second-order valence-corrected chi connectivity index (χ2v) is 4.90. The Balaban J connectivity index is 3.26. The molecule has 0 radical (unpaired) electrons. The van der Waals surface area contributed by atoms with Crippen LogP contribution in [0.5, 0.6) is 0 Å². The minimum Gasteiger partial charge on any atom is -0.303 e.